The molecule has 0 saturated heterocycles. The van der Waals surface area contributed by atoms with Crippen LogP contribution in [0.4, 0.5) is 5.69 Å². The smallest absolute Gasteiger partial charge is 0.107 e. The van der Waals surface area contributed by atoms with Gasteiger partial charge < -0.3 is 11.1 Å². The molecule has 3 N–H and O–H groups in total. The predicted octanol–water partition coefficient (Wildman–Crippen LogP) is 2.82. The molecule has 112 valence electrons. The molecule has 0 radical (unpaired) electrons. The number of aromatic nitrogens is 2. The minimum Gasteiger partial charge on any atom is -0.389 e. The first-order chi connectivity index (χ1) is 10.1. The summed E-state index contributed by atoms with van der Waals surface area (Å²) in [5.41, 5.74) is 8.91. The molecule has 1 aromatic heterocycles. The highest BCUT2D eigenvalue weighted by Crippen LogP contribution is 2.28. The first kappa shape index (κ1) is 15.9. The minimum absolute atomic E-state index is 0.437. The number of hydrogen-bond acceptors (Lipinski definition) is 4. The molecule has 4 nitrogen and oxygen atoms in total. The maximum absolute atomic E-state index is 5.89. The molecular weight excluding hydrogens is 300 g/mol. The van der Waals surface area contributed by atoms with Crippen LogP contribution in [0.2, 0.25) is 0 Å². The number of nitrogens with two attached hydrogens (primary N) is 1. The first-order valence-electron chi connectivity index (χ1n) is 6.89. The zero-order valence-electron chi connectivity index (χ0n) is 12.3. The second-order valence-electron chi connectivity index (χ2n) is 4.63. The lowest BCUT2D eigenvalue weighted by Crippen LogP contribution is -2.16. The van der Waals surface area contributed by atoms with Gasteiger partial charge in [0.25, 0.3) is 0 Å². The fourth-order valence-corrected chi connectivity index (χ4v) is 3.26. The van der Waals surface area contributed by atoms with Gasteiger partial charge in [-0.25, -0.2) is 0 Å². The summed E-state index contributed by atoms with van der Waals surface area (Å²) in [4.78, 5) is 1.57. The third-order valence-electron chi connectivity index (χ3n) is 3.04. The molecule has 1 heterocycles. The molecule has 0 aliphatic heterocycles. The van der Waals surface area contributed by atoms with E-state index in [1.165, 1.54) is 0 Å². The number of nitrogens with one attached hydrogen (secondary N) is 1. The zero-order valence-corrected chi connectivity index (χ0v) is 13.9. The van der Waals surface area contributed by atoms with Crippen LogP contribution in [0.1, 0.15) is 18.2 Å². The van der Waals surface area contributed by atoms with Gasteiger partial charge in [-0.05, 0) is 24.0 Å². The van der Waals surface area contributed by atoms with Crippen molar-refractivity contribution in [3.8, 4) is 0 Å². The SMILES string of the molecule is CCSc1cccc(NCCc2ccn(C)n2)c1C(N)=S. The van der Waals surface area contributed by atoms with E-state index >= 15 is 0 Å². The normalized spacial score (nSPS) is 10.6. The number of nitrogens with zero attached hydrogens (tertiary/aromatic N) is 2. The Morgan fingerprint density at radius 2 is 2.24 bits per heavy atom. The van der Waals surface area contributed by atoms with E-state index in [0.29, 0.717) is 4.99 Å². The number of hydrogen-bond donors (Lipinski definition) is 2. The maximum Gasteiger partial charge on any atom is 0.107 e. The number of benzene rings is 1. The second-order valence-corrected chi connectivity index (χ2v) is 6.38. The van der Waals surface area contributed by atoms with E-state index in [1.807, 2.05) is 36.1 Å². The molecule has 0 unspecified atom stereocenters. The summed E-state index contributed by atoms with van der Waals surface area (Å²) >= 11 is 6.96. The summed E-state index contributed by atoms with van der Waals surface area (Å²) < 4.78 is 1.81. The molecule has 21 heavy (non-hydrogen) atoms. The molecule has 0 amide bonds. The summed E-state index contributed by atoms with van der Waals surface area (Å²) in [7, 11) is 1.92. The molecule has 2 rings (SSSR count). The Kier molecular flexibility index (Phi) is 5.64. The van der Waals surface area contributed by atoms with Crippen molar-refractivity contribution in [3.05, 3.63) is 41.7 Å². The Hall–Kier alpha value is -1.53. The largest absolute Gasteiger partial charge is 0.389 e. The predicted molar refractivity (Wildman–Crippen MR) is 94.1 cm³/mol. The lowest BCUT2D eigenvalue weighted by atomic mass is 10.1. The van der Waals surface area contributed by atoms with E-state index in [4.69, 9.17) is 18.0 Å². The van der Waals surface area contributed by atoms with Crippen LogP contribution < -0.4 is 11.1 Å². The van der Waals surface area contributed by atoms with Crippen molar-refractivity contribution in [2.75, 3.05) is 17.6 Å². The van der Waals surface area contributed by atoms with Gasteiger partial charge in [-0.15, -0.1) is 11.8 Å². The van der Waals surface area contributed by atoms with E-state index in [9.17, 15) is 0 Å². The molecular formula is C15H20N4S2. The third kappa shape index (κ3) is 4.22. The highest BCUT2D eigenvalue weighted by Gasteiger charge is 2.11. The van der Waals surface area contributed by atoms with Gasteiger partial charge in [0, 0.05) is 42.4 Å². The molecule has 0 spiro atoms. The average molecular weight is 320 g/mol. The van der Waals surface area contributed by atoms with E-state index in [1.54, 1.807) is 11.8 Å². The topological polar surface area (TPSA) is 55.9 Å². The van der Waals surface area contributed by atoms with Gasteiger partial charge in [0.2, 0.25) is 0 Å². The van der Waals surface area contributed by atoms with Crippen molar-refractivity contribution in [2.24, 2.45) is 12.8 Å². The molecule has 0 aliphatic rings. The first-order valence-corrected chi connectivity index (χ1v) is 8.29. The van der Waals surface area contributed by atoms with Crippen molar-refractivity contribution in [2.45, 2.75) is 18.2 Å². The molecule has 0 bridgehead atoms. The Morgan fingerprint density at radius 3 is 2.86 bits per heavy atom. The van der Waals surface area contributed by atoms with Gasteiger partial charge >= 0.3 is 0 Å². The van der Waals surface area contributed by atoms with Crippen LogP contribution in [0.15, 0.2) is 35.4 Å². The van der Waals surface area contributed by atoms with Gasteiger partial charge in [-0.3, -0.25) is 4.68 Å². The van der Waals surface area contributed by atoms with Gasteiger partial charge in [0.15, 0.2) is 0 Å². The quantitative estimate of drug-likeness (QED) is 0.607. The van der Waals surface area contributed by atoms with E-state index in [2.05, 4.69) is 23.4 Å². The number of anilines is 1. The standard InChI is InChI=1S/C15H20N4S2/c1-3-21-13-6-4-5-12(14(13)15(16)20)17-9-7-11-8-10-19(2)18-11/h4-6,8,10,17H,3,7,9H2,1-2H3,(H2,16,20). The lowest BCUT2D eigenvalue weighted by Gasteiger charge is -2.14. The van der Waals surface area contributed by atoms with Crippen LogP contribution in [-0.2, 0) is 13.5 Å². The van der Waals surface area contributed by atoms with Crippen molar-refractivity contribution >= 4 is 34.7 Å². The monoisotopic (exact) mass is 320 g/mol. The second kappa shape index (κ2) is 7.47. The third-order valence-corrected chi connectivity index (χ3v) is 4.18. The van der Waals surface area contributed by atoms with Crippen LogP contribution in [0.3, 0.4) is 0 Å². The molecule has 6 heteroatoms. The van der Waals surface area contributed by atoms with E-state index in [0.717, 1.165) is 40.6 Å². The van der Waals surface area contributed by atoms with Crippen LogP contribution in [-0.4, -0.2) is 27.1 Å². The summed E-state index contributed by atoms with van der Waals surface area (Å²) in [5, 5.41) is 7.79. The van der Waals surface area contributed by atoms with Crippen molar-refractivity contribution in [1.82, 2.24) is 9.78 Å². The Morgan fingerprint density at radius 1 is 1.43 bits per heavy atom. The highest BCUT2D eigenvalue weighted by atomic mass is 32.2. The fourth-order valence-electron chi connectivity index (χ4n) is 2.13. The highest BCUT2D eigenvalue weighted by molar-refractivity contribution is 7.99. The van der Waals surface area contributed by atoms with Gasteiger partial charge in [0.1, 0.15) is 4.99 Å². The summed E-state index contributed by atoms with van der Waals surface area (Å²) in [6, 6.07) is 8.14. The minimum atomic E-state index is 0.437. The van der Waals surface area contributed by atoms with Crippen LogP contribution in [0.25, 0.3) is 0 Å². The summed E-state index contributed by atoms with van der Waals surface area (Å²) in [5.74, 6) is 0.993. The zero-order chi connectivity index (χ0) is 15.2. The van der Waals surface area contributed by atoms with E-state index < -0.39 is 0 Å². The summed E-state index contributed by atoms with van der Waals surface area (Å²) in [6.45, 7) is 2.92. The van der Waals surface area contributed by atoms with Crippen LogP contribution >= 0.6 is 24.0 Å². The summed E-state index contributed by atoms with van der Waals surface area (Å²) in [6.07, 6.45) is 2.82. The maximum atomic E-state index is 5.89. The molecule has 0 saturated carbocycles. The van der Waals surface area contributed by atoms with E-state index in [-0.39, 0.29) is 0 Å². The molecule has 1 aromatic carbocycles. The van der Waals surface area contributed by atoms with Gasteiger partial charge in [0.05, 0.1) is 5.69 Å². The number of thiocarbonyl (C=S) groups is 1. The average Bonchev–Trinajstić information content (AvgIpc) is 2.85. The Labute approximate surface area is 135 Å². The van der Waals surface area contributed by atoms with Gasteiger partial charge in [-0.2, -0.15) is 5.10 Å². The Bertz CT molecular complexity index is 622. The molecule has 2 aromatic rings. The van der Waals surface area contributed by atoms with Crippen molar-refractivity contribution < 1.29 is 0 Å². The van der Waals surface area contributed by atoms with Crippen LogP contribution in [0.5, 0.6) is 0 Å². The fraction of sp³-hybridized carbons (Fsp3) is 0.333. The van der Waals surface area contributed by atoms with Gasteiger partial charge in [-0.1, -0.05) is 25.2 Å². The number of rotatable bonds is 7. The number of thioether (sulfide) groups is 1. The lowest BCUT2D eigenvalue weighted by molar-refractivity contribution is 0.742. The van der Waals surface area contributed by atoms with Crippen LogP contribution in [0, 0.1) is 0 Å². The molecule has 0 aliphatic carbocycles. The Balaban J connectivity index is 2.08. The molecule has 0 atom stereocenters. The van der Waals surface area contributed by atoms with Crippen molar-refractivity contribution in [1.29, 1.82) is 0 Å². The van der Waals surface area contributed by atoms with Crippen molar-refractivity contribution in [3.63, 3.8) is 0 Å². The molecule has 0 fully saturated rings. The number of aryl methyl sites for hydroxylation is 1.